The average Bonchev–Trinajstić information content (AvgIpc) is 2.02. The van der Waals surface area contributed by atoms with Gasteiger partial charge in [-0.2, -0.15) is 13.2 Å². The fraction of sp³-hybridized carbons (Fsp3) is 0.143. The molecule has 0 heterocycles. The third kappa shape index (κ3) is 1.98. The second kappa shape index (κ2) is 3.33. The van der Waals surface area contributed by atoms with E-state index in [2.05, 4.69) is 10.4 Å². The summed E-state index contributed by atoms with van der Waals surface area (Å²) in [5, 5.41) is 0. The summed E-state index contributed by atoms with van der Waals surface area (Å²) in [4.78, 5) is 0. The number of rotatable bonds is 1. The molecule has 0 spiro atoms. The van der Waals surface area contributed by atoms with E-state index in [0.717, 1.165) is 12.1 Å². The van der Waals surface area contributed by atoms with Gasteiger partial charge in [-0.1, -0.05) is 0 Å². The topological polar surface area (TPSA) is 35.2 Å². The van der Waals surface area contributed by atoms with Crippen LogP contribution in [0.4, 0.5) is 18.9 Å². The van der Waals surface area contributed by atoms with Crippen LogP contribution in [0.3, 0.4) is 0 Å². The van der Waals surface area contributed by atoms with Crippen LogP contribution in [0.25, 0.3) is 0 Å². The zero-order valence-electron chi connectivity index (χ0n) is 6.15. The van der Waals surface area contributed by atoms with Crippen molar-refractivity contribution in [2.24, 2.45) is 0 Å². The molecule has 2 nitrogen and oxygen atoms in total. The Hall–Kier alpha value is -1.10. The van der Waals surface area contributed by atoms with Gasteiger partial charge in [0.1, 0.15) is 11.9 Å². The second-order valence-electron chi connectivity index (χ2n) is 2.22. The van der Waals surface area contributed by atoms with E-state index in [4.69, 9.17) is 17.6 Å². The van der Waals surface area contributed by atoms with Gasteiger partial charge in [-0.05, 0) is 18.2 Å². The largest absolute Gasteiger partial charge is 0.418 e. The molecule has 1 aromatic carbocycles. The lowest BCUT2D eigenvalue weighted by atomic mass is 10.1. The molecular formula is C7H4ClF3NO. The van der Waals surface area contributed by atoms with Crippen LogP contribution in [0, 0.1) is 6.07 Å². The molecule has 0 saturated carbocycles. The zero-order valence-corrected chi connectivity index (χ0v) is 6.91. The lowest BCUT2D eigenvalue weighted by molar-refractivity contribution is -0.137. The number of halogens is 4. The molecule has 0 aromatic heterocycles. The van der Waals surface area contributed by atoms with Crippen molar-refractivity contribution >= 4 is 17.6 Å². The van der Waals surface area contributed by atoms with Crippen molar-refractivity contribution in [3.8, 4) is 5.75 Å². The van der Waals surface area contributed by atoms with Crippen LogP contribution in [-0.4, -0.2) is 0 Å². The monoisotopic (exact) mass is 210 g/mol. The highest BCUT2D eigenvalue weighted by molar-refractivity contribution is 6.09. The van der Waals surface area contributed by atoms with Gasteiger partial charge in [-0.25, -0.2) is 0 Å². The van der Waals surface area contributed by atoms with Crippen LogP contribution in [0.15, 0.2) is 12.1 Å². The van der Waals surface area contributed by atoms with Gasteiger partial charge >= 0.3 is 6.18 Å². The summed E-state index contributed by atoms with van der Waals surface area (Å²) in [7, 11) is 0. The first-order chi connectivity index (χ1) is 5.96. The van der Waals surface area contributed by atoms with Crippen LogP contribution in [0.2, 0.25) is 0 Å². The van der Waals surface area contributed by atoms with Gasteiger partial charge in [0.25, 0.3) is 0 Å². The summed E-state index contributed by atoms with van der Waals surface area (Å²) in [6.45, 7) is 0. The zero-order chi connectivity index (χ0) is 10.1. The van der Waals surface area contributed by atoms with Gasteiger partial charge in [-0.3, -0.25) is 0 Å². The van der Waals surface area contributed by atoms with E-state index in [9.17, 15) is 13.2 Å². The quantitative estimate of drug-likeness (QED) is 0.724. The molecule has 0 amide bonds. The molecule has 0 unspecified atom stereocenters. The minimum absolute atomic E-state index is 0.253. The number of hydrogen-bond acceptors (Lipinski definition) is 2. The minimum Gasteiger partial charge on any atom is -0.395 e. The molecule has 0 aliphatic carbocycles. The molecule has 0 aliphatic rings. The van der Waals surface area contributed by atoms with E-state index in [1.807, 2.05) is 0 Å². The predicted molar refractivity (Wildman–Crippen MR) is 41.2 cm³/mol. The smallest absolute Gasteiger partial charge is 0.395 e. The minimum atomic E-state index is -4.52. The summed E-state index contributed by atoms with van der Waals surface area (Å²) in [5.41, 5.74) is 3.58. The number of hydrogen-bond donors (Lipinski definition) is 1. The van der Waals surface area contributed by atoms with E-state index in [1.165, 1.54) is 0 Å². The highest BCUT2D eigenvalue weighted by atomic mass is 35.5. The molecule has 0 saturated heterocycles. The maximum absolute atomic E-state index is 12.2. The molecule has 2 N–H and O–H groups in total. The molecule has 1 radical (unpaired) electrons. The molecule has 0 atom stereocenters. The lowest BCUT2D eigenvalue weighted by Crippen LogP contribution is -2.09. The highest BCUT2D eigenvalue weighted by Gasteiger charge is 2.34. The third-order valence-electron chi connectivity index (χ3n) is 1.39. The van der Waals surface area contributed by atoms with E-state index in [-0.39, 0.29) is 5.75 Å². The first-order valence-electron chi connectivity index (χ1n) is 3.12. The Morgan fingerprint density at radius 2 is 2.00 bits per heavy atom. The molecule has 1 aromatic rings. The van der Waals surface area contributed by atoms with Crippen molar-refractivity contribution in [3.05, 3.63) is 23.8 Å². The number of anilines is 1. The summed E-state index contributed by atoms with van der Waals surface area (Å²) >= 11 is 4.89. The van der Waals surface area contributed by atoms with Gasteiger partial charge in [-0.15, -0.1) is 0 Å². The lowest BCUT2D eigenvalue weighted by Gasteiger charge is -2.10. The Balaban J connectivity index is 3.24. The molecule has 0 bridgehead atoms. The second-order valence-corrected chi connectivity index (χ2v) is 2.38. The Bertz CT molecular complexity index is 313. The number of alkyl halides is 3. The number of nitrogens with two attached hydrogens (primary N) is 1. The Morgan fingerprint density at radius 1 is 1.38 bits per heavy atom. The first-order valence-corrected chi connectivity index (χ1v) is 3.43. The molecule has 13 heavy (non-hydrogen) atoms. The van der Waals surface area contributed by atoms with Gasteiger partial charge in [0.15, 0.2) is 5.75 Å². The first kappa shape index (κ1) is 9.98. The average molecular weight is 211 g/mol. The summed E-state index contributed by atoms with van der Waals surface area (Å²) in [5.74, 6) is -0.253. The maximum Gasteiger partial charge on any atom is 0.418 e. The van der Waals surface area contributed by atoms with Crippen LogP contribution in [-0.2, 0) is 6.18 Å². The van der Waals surface area contributed by atoms with Crippen LogP contribution >= 0.6 is 11.9 Å². The van der Waals surface area contributed by atoms with Crippen molar-refractivity contribution in [2.45, 2.75) is 6.18 Å². The molecule has 71 valence electrons. The molecule has 0 aliphatic heterocycles. The van der Waals surface area contributed by atoms with Crippen LogP contribution < -0.4 is 10.0 Å². The summed E-state index contributed by atoms with van der Waals surface area (Å²) in [6.07, 6.45) is -4.52. The molecule has 0 fully saturated rings. The molecular weight excluding hydrogens is 207 g/mol. The van der Waals surface area contributed by atoms with E-state index >= 15 is 0 Å². The van der Waals surface area contributed by atoms with E-state index < -0.39 is 17.4 Å². The SMILES string of the molecule is Nc1c(OCl)c[c]cc1C(F)(F)F. The van der Waals surface area contributed by atoms with Crippen molar-refractivity contribution in [1.29, 1.82) is 0 Å². The predicted octanol–water partition coefficient (Wildman–Crippen LogP) is 2.62. The van der Waals surface area contributed by atoms with Crippen molar-refractivity contribution < 1.29 is 17.5 Å². The fourth-order valence-electron chi connectivity index (χ4n) is 0.787. The maximum atomic E-state index is 12.2. The van der Waals surface area contributed by atoms with Gasteiger partial charge in [0.05, 0.1) is 11.3 Å². The van der Waals surface area contributed by atoms with E-state index in [1.54, 1.807) is 0 Å². The fourth-order valence-corrected chi connectivity index (χ4v) is 0.915. The Kier molecular flexibility index (Phi) is 2.56. The Labute approximate surface area is 77.2 Å². The molecule has 1 rings (SSSR count). The number of benzene rings is 1. The summed E-state index contributed by atoms with van der Waals surface area (Å²) < 4.78 is 40.6. The third-order valence-corrected chi connectivity index (χ3v) is 1.55. The molecule has 6 heteroatoms. The van der Waals surface area contributed by atoms with Gasteiger partial charge < -0.3 is 10.0 Å². The van der Waals surface area contributed by atoms with Crippen molar-refractivity contribution in [1.82, 2.24) is 0 Å². The summed E-state index contributed by atoms with van der Waals surface area (Å²) in [6, 6.07) is 4.07. The van der Waals surface area contributed by atoms with Crippen molar-refractivity contribution in [3.63, 3.8) is 0 Å². The van der Waals surface area contributed by atoms with E-state index in [0.29, 0.717) is 0 Å². The van der Waals surface area contributed by atoms with Crippen molar-refractivity contribution in [2.75, 3.05) is 5.73 Å². The van der Waals surface area contributed by atoms with Gasteiger partial charge in [0.2, 0.25) is 0 Å². The van der Waals surface area contributed by atoms with Gasteiger partial charge in [0, 0.05) is 0 Å². The van der Waals surface area contributed by atoms with Crippen LogP contribution in [0.5, 0.6) is 5.75 Å². The van der Waals surface area contributed by atoms with Crippen LogP contribution in [0.1, 0.15) is 5.56 Å². The Morgan fingerprint density at radius 3 is 2.46 bits per heavy atom. The highest BCUT2D eigenvalue weighted by Crippen LogP contribution is 2.37. The number of nitrogen functional groups attached to an aromatic ring is 1. The standard InChI is InChI=1S/C7H4ClF3NO/c8-13-5-3-1-2-4(6(5)12)7(9,10)11/h2-3H,12H2. The normalized spacial score (nSPS) is 11.4.